The molecule has 0 fully saturated rings. The fourth-order valence-electron chi connectivity index (χ4n) is 1.65. The van der Waals surface area contributed by atoms with E-state index in [0.29, 0.717) is 11.4 Å². The lowest BCUT2D eigenvalue weighted by Crippen LogP contribution is -2.27. The van der Waals surface area contributed by atoms with Gasteiger partial charge < -0.3 is 10.8 Å². The van der Waals surface area contributed by atoms with Crippen LogP contribution in [0.15, 0.2) is 12.1 Å². The number of hydrogen-bond acceptors (Lipinski definition) is 2. The monoisotopic (exact) mass is 281 g/mol. The molecule has 0 radical (unpaired) electrons. The smallest absolute Gasteiger partial charge is 0.129 e. The van der Waals surface area contributed by atoms with Crippen LogP contribution in [0.25, 0.3) is 0 Å². The van der Waals surface area contributed by atoms with Crippen LogP contribution in [0.1, 0.15) is 36.9 Å². The molecule has 0 aliphatic rings. The first-order valence-electron chi connectivity index (χ1n) is 5.37. The van der Waals surface area contributed by atoms with E-state index in [1.165, 1.54) is 6.07 Å². The summed E-state index contributed by atoms with van der Waals surface area (Å²) in [6, 6.07) is 2.15. The van der Waals surface area contributed by atoms with Crippen molar-refractivity contribution >= 4 is 24.0 Å². The Kier molecular flexibility index (Phi) is 7.02. The number of nitrogens with two attached hydrogens (primary N) is 1. The van der Waals surface area contributed by atoms with Crippen LogP contribution in [0.3, 0.4) is 0 Å². The van der Waals surface area contributed by atoms with Crippen molar-refractivity contribution < 1.29 is 9.50 Å². The molecule has 2 nitrogen and oxygen atoms in total. The molecule has 17 heavy (non-hydrogen) atoms. The first-order chi connectivity index (χ1) is 7.49. The molecule has 0 aromatic heterocycles. The molecule has 0 aliphatic carbocycles. The van der Waals surface area contributed by atoms with Crippen LogP contribution >= 0.6 is 24.0 Å². The second kappa shape index (κ2) is 7.17. The predicted octanol–water partition coefficient (Wildman–Crippen LogP) is 3.37. The van der Waals surface area contributed by atoms with Crippen molar-refractivity contribution in [2.75, 3.05) is 0 Å². The summed E-state index contributed by atoms with van der Waals surface area (Å²) in [6.07, 6.45) is 0.559. The highest BCUT2D eigenvalue weighted by molar-refractivity contribution is 6.32. The summed E-state index contributed by atoms with van der Waals surface area (Å²) in [6.45, 7) is 3.72. The molecule has 1 aromatic carbocycles. The molecule has 0 amide bonds. The van der Waals surface area contributed by atoms with Gasteiger partial charge in [0.2, 0.25) is 0 Å². The highest BCUT2D eigenvalue weighted by Gasteiger charge is 2.22. The third-order valence-electron chi connectivity index (χ3n) is 2.65. The van der Waals surface area contributed by atoms with Gasteiger partial charge in [-0.1, -0.05) is 31.0 Å². The molecule has 98 valence electrons. The van der Waals surface area contributed by atoms with E-state index in [9.17, 15) is 9.50 Å². The molecule has 3 N–H and O–H groups in total. The van der Waals surface area contributed by atoms with E-state index in [1.807, 2.05) is 6.92 Å². The van der Waals surface area contributed by atoms with E-state index in [4.69, 9.17) is 17.3 Å². The summed E-state index contributed by atoms with van der Waals surface area (Å²) in [4.78, 5) is 0. The van der Waals surface area contributed by atoms with Crippen molar-refractivity contribution in [3.63, 3.8) is 0 Å². The molecule has 1 rings (SSSR count). The third-order valence-corrected chi connectivity index (χ3v) is 3.15. The zero-order chi connectivity index (χ0) is 12.3. The van der Waals surface area contributed by atoms with Crippen LogP contribution in [0, 0.1) is 12.7 Å². The molecule has 1 aromatic rings. The van der Waals surface area contributed by atoms with Gasteiger partial charge in [-0.2, -0.15) is 0 Å². The van der Waals surface area contributed by atoms with Crippen molar-refractivity contribution in [1.82, 2.24) is 0 Å². The standard InChI is InChI=1S/C12H17ClFNO.ClH/c1-3-4-9(16)12(15)10-8(14)6-5-7(2)11(10)13;/h5-6,9,12,16H,3-4,15H2,1-2H3;1H/t9-,12-;/m0./s1. The van der Waals surface area contributed by atoms with Crippen LogP contribution in [-0.2, 0) is 0 Å². The van der Waals surface area contributed by atoms with Crippen molar-refractivity contribution in [2.24, 2.45) is 5.73 Å². The number of aliphatic hydroxyl groups excluding tert-OH is 1. The van der Waals surface area contributed by atoms with E-state index >= 15 is 0 Å². The van der Waals surface area contributed by atoms with E-state index in [-0.39, 0.29) is 18.0 Å². The van der Waals surface area contributed by atoms with Crippen LogP contribution < -0.4 is 5.73 Å². The summed E-state index contributed by atoms with van der Waals surface area (Å²) in [7, 11) is 0. The minimum Gasteiger partial charge on any atom is -0.391 e. The summed E-state index contributed by atoms with van der Waals surface area (Å²) < 4.78 is 13.6. The van der Waals surface area contributed by atoms with Crippen LogP contribution in [0.2, 0.25) is 5.02 Å². The molecule has 5 heteroatoms. The van der Waals surface area contributed by atoms with Crippen molar-refractivity contribution in [3.8, 4) is 0 Å². The van der Waals surface area contributed by atoms with Crippen LogP contribution in [0.4, 0.5) is 4.39 Å². The van der Waals surface area contributed by atoms with Crippen molar-refractivity contribution in [1.29, 1.82) is 0 Å². The maximum absolute atomic E-state index is 13.6. The second-order valence-electron chi connectivity index (χ2n) is 3.97. The molecule has 0 unspecified atom stereocenters. The third kappa shape index (κ3) is 3.81. The molecule has 0 saturated carbocycles. The number of halogens is 3. The summed E-state index contributed by atoms with van der Waals surface area (Å²) >= 11 is 6.01. The summed E-state index contributed by atoms with van der Waals surface area (Å²) in [5, 5.41) is 10.1. The molecule has 0 saturated heterocycles. The van der Waals surface area contributed by atoms with E-state index in [1.54, 1.807) is 13.0 Å². The van der Waals surface area contributed by atoms with Gasteiger partial charge in [-0.05, 0) is 25.0 Å². The van der Waals surface area contributed by atoms with Crippen LogP contribution in [0.5, 0.6) is 0 Å². The molecular weight excluding hydrogens is 264 g/mol. The normalized spacial score (nSPS) is 14.0. The summed E-state index contributed by atoms with van der Waals surface area (Å²) in [5.41, 5.74) is 6.79. The summed E-state index contributed by atoms with van der Waals surface area (Å²) in [5.74, 6) is -0.460. The Balaban J connectivity index is 0.00000256. The van der Waals surface area contributed by atoms with Crippen molar-refractivity contribution in [2.45, 2.75) is 38.8 Å². The number of benzene rings is 1. The Labute approximate surface area is 112 Å². The predicted molar refractivity (Wildman–Crippen MR) is 71.2 cm³/mol. The highest BCUT2D eigenvalue weighted by atomic mass is 35.5. The van der Waals surface area contributed by atoms with E-state index < -0.39 is 18.0 Å². The Hall–Kier alpha value is -0.350. The number of aryl methyl sites for hydroxylation is 1. The molecule has 0 spiro atoms. The Morgan fingerprint density at radius 1 is 1.47 bits per heavy atom. The van der Waals surface area contributed by atoms with Gasteiger partial charge in [0.1, 0.15) is 5.82 Å². The average molecular weight is 282 g/mol. The fourth-order valence-corrected chi connectivity index (χ4v) is 1.93. The molecule has 0 heterocycles. The zero-order valence-corrected chi connectivity index (χ0v) is 11.5. The lowest BCUT2D eigenvalue weighted by molar-refractivity contribution is 0.133. The van der Waals surface area contributed by atoms with E-state index in [2.05, 4.69) is 0 Å². The maximum Gasteiger partial charge on any atom is 0.129 e. The minimum absolute atomic E-state index is 0. The van der Waals surface area contributed by atoms with Gasteiger partial charge in [-0.15, -0.1) is 12.4 Å². The zero-order valence-electron chi connectivity index (χ0n) is 9.91. The molecule has 2 atom stereocenters. The topological polar surface area (TPSA) is 46.2 Å². The highest BCUT2D eigenvalue weighted by Crippen LogP contribution is 2.30. The van der Waals surface area contributed by atoms with Gasteiger partial charge in [-0.25, -0.2) is 4.39 Å². The molecule has 0 aliphatic heterocycles. The number of aliphatic hydroxyl groups is 1. The fraction of sp³-hybridized carbons (Fsp3) is 0.500. The first-order valence-corrected chi connectivity index (χ1v) is 5.75. The average Bonchev–Trinajstić information content (AvgIpc) is 2.24. The van der Waals surface area contributed by atoms with Gasteiger partial charge in [0, 0.05) is 5.56 Å². The van der Waals surface area contributed by atoms with E-state index in [0.717, 1.165) is 12.0 Å². The molecule has 0 bridgehead atoms. The second-order valence-corrected chi connectivity index (χ2v) is 4.35. The lowest BCUT2D eigenvalue weighted by Gasteiger charge is -2.21. The quantitative estimate of drug-likeness (QED) is 0.889. The number of hydrogen-bond donors (Lipinski definition) is 2. The Bertz CT molecular complexity index is 374. The number of rotatable bonds is 4. The van der Waals surface area contributed by atoms with Gasteiger partial charge in [0.05, 0.1) is 17.2 Å². The minimum atomic E-state index is -0.771. The van der Waals surface area contributed by atoms with Gasteiger partial charge >= 0.3 is 0 Å². The van der Waals surface area contributed by atoms with Crippen LogP contribution in [-0.4, -0.2) is 11.2 Å². The van der Waals surface area contributed by atoms with Gasteiger partial charge in [0.15, 0.2) is 0 Å². The van der Waals surface area contributed by atoms with Gasteiger partial charge in [-0.3, -0.25) is 0 Å². The Morgan fingerprint density at radius 3 is 2.59 bits per heavy atom. The maximum atomic E-state index is 13.6. The Morgan fingerprint density at radius 2 is 2.06 bits per heavy atom. The van der Waals surface area contributed by atoms with Gasteiger partial charge in [0.25, 0.3) is 0 Å². The SMILES string of the molecule is CCC[C@H](O)[C@H](N)c1c(F)ccc(C)c1Cl.Cl. The van der Waals surface area contributed by atoms with Crippen molar-refractivity contribution in [3.05, 3.63) is 34.1 Å². The lowest BCUT2D eigenvalue weighted by atomic mass is 9.97. The largest absolute Gasteiger partial charge is 0.391 e. The molecular formula is C12H18Cl2FNO. The first kappa shape index (κ1) is 16.6.